The van der Waals surface area contributed by atoms with Gasteiger partial charge in [-0.1, -0.05) is 81.2 Å². The van der Waals surface area contributed by atoms with Crippen molar-refractivity contribution in [3.8, 4) is 0 Å². The van der Waals surface area contributed by atoms with Crippen LogP contribution < -0.4 is 5.19 Å². The Morgan fingerprint density at radius 3 is 2.50 bits per heavy atom. The highest BCUT2D eigenvalue weighted by Gasteiger charge is 2.32. The zero-order valence-electron chi connectivity index (χ0n) is 13.3. The summed E-state index contributed by atoms with van der Waals surface area (Å²) in [5.41, 5.74) is -0.108. The van der Waals surface area contributed by atoms with Crippen molar-refractivity contribution in [1.29, 1.82) is 0 Å². The number of aliphatic hydroxyl groups excluding tert-OH is 1. The van der Waals surface area contributed by atoms with Crippen molar-refractivity contribution in [1.82, 2.24) is 0 Å². The van der Waals surface area contributed by atoms with Gasteiger partial charge >= 0.3 is 0 Å². The highest BCUT2D eigenvalue weighted by molar-refractivity contribution is 6.90. The molecule has 0 bridgehead atoms. The zero-order chi connectivity index (χ0) is 14.6. The lowest BCUT2D eigenvalue weighted by atomic mass is 9.99. The van der Waals surface area contributed by atoms with E-state index < -0.39 is 8.07 Å². The molecule has 112 valence electrons. The lowest BCUT2D eigenvalue weighted by molar-refractivity contribution is 0.226. The smallest absolute Gasteiger partial charge is 0.113 e. The monoisotopic (exact) mass is 290 g/mol. The van der Waals surface area contributed by atoms with Crippen molar-refractivity contribution >= 4 is 13.3 Å². The van der Waals surface area contributed by atoms with Gasteiger partial charge in [-0.3, -0.25) is 0 Å². The third kappa shape index (κ3) is 3.95. The van der Waals surface area contributed by atoms with Crippen LogP contribution in [0, 0.1) is 11.8 Å². The SMILES string of the molecule is CC1CCC(CCCC(O)[Si](C)(C)c2ccccc2)C1. The third-order valence-electron chi connectivity index (χ3n) is 5.24. The molecule has 1 aliphatic carbocycles. The van der Waals surface area contributed by atoms with E-state index in [1.165, 1.54) is 37.3 Å². The summed E-state index contributed by atoms with van der Waals surface area (Å²) in [6.45, 7) is 6.97. The summed E-state index contributed by atoms with van der Waals surface area (Å²) < 4.78 is 0. The Kier molecular flexibility index (Phi) is 5.45. The Bertz CT molecular complexity index is 401. The first-order chi connectivity index (χ1) is 9.50. The zero-order valence-corrected chi connectivity index (χ0v) is 14.3. The quantitative estimate of drug-likeness (QED) is 0.782. The molecule has 0 saturated heterocycles. The van der Waals surface area contributed by atoms with Gasteiger partial charge in [0.05, 0.1) is 0 Å². The lowest BCUT2D eigenvalue weighted by Crippen LogP contribution is -2.52. The summed E-state index contributed by atoms with van der Waals surface area (Å²) in [4.78, 5) is 0. The molecule has 1 fully saturated rings. The summed E-state index contributed by atoms with van der Waals surface area (Å²) >= 11 is 0. The van der Waals surface area contributed by atoms with Gasteiger partial charge in [0.1, 0.15) is 8.07 Å². The van der Waals surface area contributed by atoms with Crippen molar-refractivity contribution in [2.45, 2.75) is 64.3 Å². The van der Waals surface area contributed by atoms with E-state index in [1.54, 1.807) is 0 Å². The van der Waals surface area contributed by atoms with Crippen LogP contribution in [0.2, 0.25) is 13.1 Å². The highest BCUT2D eigenvalue weighted by atomic mass is 28.3. The van der Waals surface area contributed by atoms with Crippen molar-refractivity contribution in [3.63, 3.8) is 0 Å². The minimum absolute atomic E-state index is 0.108. The number of hydrogen-bond acceptors (Lipinski definition) is 1. The van der Waals surface area contributed by atoms with Gasteiger partial charge in [0.2, 0.25) is 0 Å². The molecule has 0 radical (unpaired) electrons. The molecular weight excluding hydrogens is 260 g/mol. The largest absolute Gasteiger partial charge is 0.396 e. The molecular formula is C18H30OSi. The van der Waals surface area contributed by atoms with Gasteiger partial charge in [-0.05, 0) is 24.7 Å². The van der Waals surface area contributed by atoms with E-state index in [2.05, 4.69) is 50.3 Å². The van der Waals surface area contributed by atoms with Gasteiger partial charge in [0, 0.05) is 5.73 Å². The standard InChI is InChI=1S/C18H30OSi/c1-15-12-13-16(14-15)8-7-11-18(19)20(2,3)17-9-5-4-6-10-17/h4-6,9-10,15-16,18-19H,7-8,11-14H2,1-3H3. The first-order valence-electron chi connectivity index (χ1n) is 8.23. The molecule has 3 unspecified atom stereocenters. The Balaban J connectivity index is 1.80. The van der Waals surface area contributed by atoms with Gasteiger partial charge in [-0.25, -0.2) is 0 Å². The van der Waals surface area contributed by atoms with Crippen LogP contribution in [0.4, 0.5) is 0 Å². The Labute approximate surface area is 125 Å². The van der Waals surface area contributed by atoms with E-state index in [0.29, 0.717) is 0 Å². The van der Waals surface area contributed by atoms with Crippen LogP contribution >= 0.6 is 0 Å². The topological polar surface area (TPSA) is 20.2 Å². The fourth-order valence-corrected chi connectivity index (χ4v) is 5.97. The van der Waals surface area contributed by atoms with Crippen LogP contribution in [0.15, 0.2) is 30.3 Å². The summed E-state index contributed by atoms with van der Waals surface area (Å²) in [5, 5.41) is 12.0. The molecule has 0 amide bonds. The summed E-state index contributed by atoms with van der Waals surface area (Å²) in [6, 6.07) is 10.6. The second-order valence-electron chi connectivity index (χ2n) is 7.32. The minimum Gasteiger partial charge on any atom is -0.396 e. The van der Waals surface area contributed by atoms with Crippen molar-refractivity contribution in [2.24, 2.45) is 11.8 Å². The minimum atomic E-state index is -1.72. The predicted octanol–water partition coefficient (Wildman–Crippen LogP) is 4.11. The third-order valence-corrected chi connectivity index (χ3v) is 9.02. The van der Waals surface area contributed by atoms with Crippen molar-refractivity contribution in [3.05, 3.63) is 30.3 Å². The molecule has 2 rings (SSSR count). The first kappa shape index (κ1) is 15.8. The van der Waals surface area contributed by atoms with E-state index in [0.717, 1.165) is 18.3 Å². The average Bonchev–Trinajstić information content (AvgIpc) is 2.85. The van der Waals surface area contributed by atoms with Gasteiger partial charge in [-0.2, -0.15) is 0 Å². The Hall–Kier alpha value is -0.603. The van der Waals surface area contributed by atoms with Gasteiger partial charge in [0.25, 0.3) is 0 Å². The fraction of sp³-hybridized carbons (Fsp3) is 0.667. The number of rotatable bonds is 6. The van der Waals surface area contributed by atoms with Crippen LogP contribution in [-0.2, 0) is 0 Å². The Morgan fingerprint density at radius 1 is 1.20 bits per heavy atom. The second-order valence-corrected chi connectivity index (χ2v) is 12.0. The van der Waals surface area contributed by atoms with E-state index in [-0.39, 0.29) is 5.73 Å². The van der Waals surface area contributed by atoms with E-state index in [9.17, 15) is 5.11 Å². The molecule has 1 nitrogen and oxygen atoms in total. The molecule has 1 N–H and O–H groups in total. The molecule has 0 spiro atoms. The van der Waals surface area contributed by atoms with Crippen LogP contribution in [0.5, 0.6) is 0 Å². The maximum absolute atomic E-state index is 10.6. The molecule has 20 heavy (non-hydrogen) atoms. The molecule has 0 heterocycles. The van der Waals surface area contributed by atoms with Gasteiger partial charge in [0.15, 0.2) is 0 Å². The molecule has 1 aromatic carbocycles. The highest BCUT2D eigenvalue weighted by Crippen LogP contribution is 2.33. The van der Waals surface area contributed by atoms with Crippen molar-refractivity contribution < 1.29 is 5.11 Å². The first-order valence-corrected chi connectivity index (χ1v) is 11.3. The molecule has 1 saturated carbocycles. The lowest BCUT2D eigenvalue weighted by Gasteiger charge is -2.29. The molecule has 1 aromatic rings. The molecule has 0 aromatic heterocycles. The average molecular weight is 291 g/mol. The van der Waals surface area contributed by atoms with Crippen LogP contribution in [0.1, 0.15) is 45.4 Å². The van der Waals surface area contributed by atoms with E-state index in [1.807, 2.05) is 0 Å². The maximum atomic E-state index is 10.6. The van der Waals surface area contributed by atoms with Crippen molar-refractivity contribution in [2.75, 3.05) is 0 Å². The van der Waals surface area contributed by atoms with Crippen LogP contribution in [0.3, 0.4) is 0 Å². The molecule has 2 heteroatoms. The molecule has 0 aliphatic heterocycles. The van der Waals surface area contributed by atoms with Crippen LogP contribution in [-0.4, -0.2) is 18.9 Å². The van der Waals surface area contributed by atoms with E-state index >= 15 is 0 Å². The molecule has 3 atom stereocenters. The number of hydrogen-bond donors (Lipinski definition) is 1. The number of benzene rings is 1. The molecule has 1 aliphatic rings. The Morgan fingerprint density at radius 2 is 1.90 bits per heavy atom. The van der Waals surface area contributed by atoms with Crippen LogP contribution in [0.25, 0.3) is 0 Å². The fourth-order valence-electron chi connectivity index (χ4n) is 3.61. The van der Waals surface area contributed by atoms with Gasteiger partial charge < -0.3 is 5.11 Å². The summed E-state index contributed by atoms with van der Waals surface area (Å²) in [7, 11) is -1.72. The van der Waals surface area contributed by atoms with E-state index in [4.69, 9.17) is 0 Å². The number of aliphatic hydroxyl groups is 1. The maximum Gasteiger partial charge on any atom is 0.113 e. The second kappa shape index (κ2) is 6.90. The predicted molar refractivity (Wildman–Crippen MR) is 89.9 cm³/mol. The van der Waals surface area contributed by atoms with Gasteiger partial charge in [-0.15, -0.1) is 0 Å². The summed E-state index contributed by atoms with van der Waals surface area (Å²) in [6.07, 6.45) is 7.74. The summed E-state index contributed by atoms with van der Waals surface area (Å²) in [5.74, 6) is 1.86. The normalized spacial score (nSPS) is 24.8.